The Morgan fingerprint density at radius 1 is 1.27 bits per heavy atom. The van der Waals surface area contributed by atoms with Crippen LogP contribution in [0.2, 0.25) is 0 Å². The van der Waals surface area contributed by atoms with Gasteiger partial charge in [-0.05, 0) is 25.7 Å². The molecule has 0 unspecified atom stereocenters. The van der Waals surface area contributed by atoms with Crippen LogP contribution >= 0.6 is 0 Å². The molecule has 0 atom stereocenters. The van der Waals surface area contributed by atoms with Crippen molar-refractivity contribution in [1.82, 2.24) is 15.0 Å². The van der Waals surface area contributed by atoms with Crippen molar-refractivity contribution in [2.24, 2.45) is 0 Å². The number of nitrogens with zero attached hydrogens (tertiary/aromatic N) is 3. The normalized spacial score (nSPS) is 24.0. The fourth-order valence-corrected chi connectivity index (χ4v) is 1.53. The van der Waals surface area contributed by atoms with Crippen molar-refractivity contribution >= 4 is 0 Å². The van der Waals surface area contributed by atoms with E-state index in [0.29, 0.717) is 6.04 Å². The predicted octanol–water partition coefficient (Wildman–Crippen LogP) is 1.49. The van der Waals surface area contributed by atoms with Crippen molar-refractivity contribution in [3.8, 4) is 0 Å². The van der Waals surface area contributed by atoms with Gasteiger partial charge in [-0.1, -0.05) is 5.21 Å². The second-order valence-corrected chi connectivity index (χ2v) is 3.61. The third-order valence-corrected chi connectivity index (χ3v) is 2.49. The van der Waals surface area contributed by atoms with Crippen molar-refractivity contribution in [3.05, 3.63) is 11.9 Å². The lowest BCUT2D eigenvalue weighted by atomic mass is 10.3. The minimum atomic E-state index is 0.702. The summed E-state index contributed by atoms with van der Waals surface area (Å²) in [6.07, 6.45) is 7.25. The minimum Gasteiger partial charge on any atom is -0.246 e. The van der Waals surface area contributed by atoms with Crippen molar-refractivity contribution in [2.45, 2.75) is 37.6 Å². The molecular weight excluding hydrogens is 138 g/mol. The van der Waals surface area contributed by atoms with Gasteiger partial charge in [0.15, 0.2) is 0 Å². The maximum atomic E-state index is 4.11. The first-order valence-corrected chi connectivity index (χ1v) is 4.35. The van der Waals surface area contributed by atoms with E-state index in [1.807, 2.05) is 6.20 Å². The molecule has 2 saturated carbocycles. The zero-order valence-electron chi connectivity index (χ0n) is 6.40. The summed E-state index contributed by atoms with van der Waals surface area (Å²) in [4.78, 5) is 0. The Balaban J connectivity index is 1.98. The number of hydrogen-bond acceptors (Lipinski definition) is 2. The molecule has 1 aromatic rings. The van der Waals surface area contributed by atoms with Crippen molar-refractivity contribution in [1.29, 1.82) is 0 Å². The van der Waals surface area contributed by atoms with Crippen LogP contribution in [0, 0.1) is 0 Å². The smallest absolute Gasteiger partial charge is 0.0728 e. The quantitative estimate of drug-likeness (QED) is 0.637. The molecule has 2 fully saturated rings. The summed E-state index contributed by atoms with van der Waals surface area (Å²) in [7, 11) is 0. The highest BCUT2D eigenvalue weighted by molar-refractivity contribution is 5.12. The molecular formula is C8H11N3. The first kappa shape index (κ1) is 5.75. The molecule has 3 nitrogen and oxygen atoms in total. The topological polar surface area (TPSA) is 30.7 Å². The first-order chi connectivity index (χ1) is 5.45. The average molecular weight is 149 g/mol. The Bertz CT molecular complexity index is 244. The molecule has 3 heteroatoms. The molecule has 2 aliphatic carbocycles. The zero-order valence-corrected chi connectivity index (χ0v) is 6.40. The molecule has 0 aliphatic heterocycles. The van der Waals surface area contributed by atoms with Crippen LogP contribution in [0.4, 0.5) is 0 Å². The molecule has 0 amide bonds. The summed E-state index contributed by atoms with van der Waals surface area (Å²) in [6.45, 7) is 0. The van der Waals surface area contributed by atoms with Crippen LogP contribution in [0.5, 0.6) is 0 Å². The molecule has 0 spiro atoms. The van der Waals surface area contributed by atoms with Crippen molar-refractivity contribution < 1.29 is 0 Å². The van der Waals surface area contributed by atoms with E-state index in [4.69, 9.17) is 0 Å². The van der Waals surface area contributed by atoms with Gasteiger partial charge in [0.25, 0.3) is 0 Å². The Kier molecular flexibility index (Phi) is 0.962. The van der Waals surface area contributed by atoms with E-state index < -0.39 is 0 Å². The highest BCUT2D eigenvalue weighted by atomic mass is 15.4. The summed E-state index contributed by atoms with van der Waals surface area (Å²) in [5.74, 6) is 0.797. The summed E-state index contributed by atoms with van der Waals surface area (Å²) < 4.78 is 2.14. The zero-order chi connectivity index (χ0) is 7.26. The van der Waals surface area contributed by atoms with E-state index in [9.17, 15) is 0 Å². The molecule has 0 radical (unpaired) electrons. The Morgan fingerprint density at radius 3 is 2.73 bits per heavy atom. The van der Waals surface area contributed by atoms with Gasteiger partial charge in [0.1, 0.15) is 0 Å². The Morgan fingerprint density at radius 2 is 2.09 bits per heavy atom. The molecule has 1 heterocycles. The van der Waals surface area contributed by atoms with E-state index in [1.54, 1.807) is 0 Å². The lowest BCUT2D eigenvalue weighted by Gasteiger charge is -2.00. The van der Waals surface area contributed by atoms with E-state index in [0.717, 1.165) is 5.92 Å². The van der Waals surface area contributed by atoms with Crippen LogP contribution < -0.4 is 0 Å². The van der Waals surface area contributed by atoms with Gasteiger partial charge >= 0.3 is 0 Å². The third-order valence-electron chi connectivity index (χ3n) is 2.49. The summed E-state index contributed by atoms with van der Waals surface area (Å²) >= 11 is 0. The van der Waals surface area contributed by atoms with Crippen LogP contribution in [0.3, 0.4) is 0 Å². The number of hydrogen-bond donors (Lipinski definition) is 0. The lowest BCUT2D eigenvalue weighted by molar-refractivity contribution is 0.583. The standard InChI is InChI=1S/C8H11N3/c1-2-6(1)8-5-9-10-11(8)7-3-4-7/h5-7H,1-4H2. The highest BCUT2D eigenvalue weighted by Crippen LogP contribution is 2.43. The SMILES string of the molecule is c1nnn(C2CC2)c1C1CC1. The molecule has 0 N–H and O–H groups in total. The maximum absolute atomic E-state index is 4.11. The highest BCUT2D eigenvalue weighted by Gasteiger charge is 2.33. The molecule has 2 aliphatic rings. The first-order valence-electron chi connectivity index (χ1n) is 4.35. The summed E-state index contributed by atoms with van der Waals surface area (Å²) in [6, 6.07) is 0.702. The van der Waals surface area contributed by atoms with E-state index in [1.165, 1.54) is 31.4 Å². The molecule has 58 valence electrons. The van der Waals surface area contributed by atoms with E-state index in [2.05, 4.69) is 15.0 Å². The molecule has 0 aromatic carbocycles. The molecule has 1 aromatic heterocycles. The van der Waals surface area contributed by atoms with Crippen LogP contribution in [-0.2, 0) is 0 Å². The molecule has 3 rings (SSSR count). The monoisotopic (exact) mass is 149 g/mol. The molecule has 0 bridgehead atoms. The van der Waals surface area contributed by atoms with Crippen LogP contribution in [0.1, 0.15) is 43.3 Å². The Labute approximate surface area is 65.4 Å². The average Bonchev–Trinajstić information content (AvgIpc) is 2.91. The Hall–Kier alpha value is -0.860. The van der Waals surface area contributed by atoms with Crippen molar-refractivity contribution in [2.75, 3.05) is 0 Å². The van der Waals surface area contributed by atoms with E-state index >= 15 is 0 Å². The van der Waals surface area contributed by atoms with Gasteiger partial charge in [-0.3, -0.25) is 0 Å². The van der Waals surface area contributed by atoms with Crippen molar-refractivity contribution in [3.63, 3.8) is 0 Å². The third kappa shape index (κ3) is 0.870. The fourth-order valence-electron chi connectivity index (χ4n) is 1.53. The van der Waals surface area contributed by atoms with Gasteiger partial charge in [-0.25, -0.2) is 4.68 Å². The second kappa shape index (κ2) is 1.84. The van der Waals surface area contributed by atoms with E-state index in [-0.39, 0.29) is 0 Å². The number of rotatable bonds is 2. The lowest BCUT2D eigenvalue weighted by Crippen LogP contribution is -2.00. The van der Waals surface area contributed by atoms with Gasteiger partial charge in [0.05, 0.1) is 17.9 Å². The van der Waals surface area contributed by atoms with Crippen LogP contribution in [0.25, 0.3) is 0 Å². The molecule has 11 heavy (non-hydrogen) atoms. The van der Waals surface area contributed by atoms with Gasteiger partial charge < -0.3 is 0 Å². The summed E-state index contributed by atoms with van der Waals surface area (Å²) in [5, 5.41) is 8.06. The fraction of sp³-hybridized carbons (Fsp3) is 0.750. The second-order valence-electron chi connectivity index (χ2n) is 3.61. The minimum absolute atomic E-state index is 0.702. The van der Waals surface area contributed by atoms with Crippen LogP contribution in [-0.4, -0.2) is 15.0 Å². The summed E-state index contributed by atoms with van der Waals surface area (Å²) in [5.41, 5.74) is 1.38. The number of aromatic nitrogens is 3. The van der Waals surface area contributed by atoms with Gasteiger partial charge in [0.2, 0.25) is 0 Å². The van der Waals surface area contributed by atoms with Gasteiger partial charge in [0, 0.05) is 5.92 Å². The van der Waals surface area contributed by atoms with Crippen LogP contribution in [0.15, 0.2) is 6.20 Å². The largest absolute Gasteiger partial charge is 0.246 e. The van der Waals surface area contributed by atoms with Gasteiger partial charge in [-0.2, -0.15) is 0 Å². The maximum Gasteiger partial charge on any atom is 0.0728 e. The predicted molar refractivity (Wildman–Crippen MR) is 40.3 cm³/mol. The molecule has 0 saturated heterocycles. The van der Waals surface area contributed by atoms with Gasteiger partial charge in [-0.15, -0.1) is 5.10 Å².